The zero-order valence-corrected chi connectivity index (χ0v) is 17.5. The first-order valence-electron chi connectivity index (χ1n) is 10.3. The van der Waals surface area contributed by atoms with Crippen LogP contribution < -0.4 is 9.47 Å². The first-order valence-corrected chi connectivity index (χ1v) is 10.3. The monoisotopic (exact) mass is 409 g/mol. The third-order valence-electron chi connectivity index (χ3n) is 6.19. The SMILES string of the molecule is COc1cccc(CN2CCC[C@@]3(CCN(C(=O)c4ccccn4)C3)C2=O)c1OC. The summed E-state index contributed by atoms with van der Waals surface area (Å²) in [5.74, 6) is 1.33. The number of hydrogen-bond donors (Lipinski definition) is 0. The minimum absolute atomic E-state index is 0.105. The number of amides is 2. The standard InChI is InChI=1S/C23H27N3O4/c1-29-19-9-5-7-17(20(19)30-2)15-25-13-6-10-23(22(25)28)11-14-26(16-23)21(27)18-8-3-4-12-24-18/h3-5,7-9,12H,6,10-11,13-16H2,1-2H3/t23-/m0/s1. The topological polar surface area (TPSA) is 72.0 Å². The molecule has 0 aliphatic carbocycles. The second-order valence-corrected chi connectivity index (χ2v) is 7.95. The van der Waals surface area contributed by atoms with Crippen LogP contribution in [0.1, 0.15) is 35.3 Å². The van der Waals surface area contributed by atoms with Gasteiger partial charge in [0.15, 0.2) is 11.5 Å². The second-order valence-electron chi connectivity index (χ2n) is 7.95. The summed E-state index contributed by atoms with van der Waals surface area (Å²) in [6.07, 6.45) is 4.04. The molecule has 1 spiro atoms. The average molecular weight is 409 g/mol. The van der Waals surface area contributed by atoms with Gasteiger partial charge in [-0.3, -0.25) is 14.6 Å². The minimum atomic E-state index is -0.505. The summed E-state index contributed by atoms with van der Waals surface area (Å²) >= 11 is 0. The summed E-state index contributed by atoms with van der Waals surface area (Å²) in [5, 5.41) is 0. The van der Waals surface area contributed by atoms with Gasteiger partial charge in [0.2, 0.25) is 5.91 Å². The van der Waals surface area contributed by atoms with Crippen LogP contribution >= 0.6 is 0 Å². The molecule has 3 heterocycles. The molecular weight excluding hydrogens is 382 g/mol. The fourth-order valence-corrected chi connectivity index (χ4v) is 4.66. The van der Waals surface area contributed by atoms with Crippen molar-refractivity contribution in [1.29, 1.82) is 0 Å². The number of methoxy groups -OCH3 is 2. The Morgan fingerprint density at radius 2 is 1.97 bits per heavy atom. The molecule has 1 aromatic carbocycles. The van der Waals surface area contributed by atoms with Crippen LogP contribution in [0.3, 0.4) is 0 Å². The molecule has 7 heteroatoms. The molecule has 2 aliphatic rings. The molecule has 1 atom stereocenters. The number of para-hydroxylation sites is 1. The largest absolute Gasteiger partial charge is 0.493 e. The lowest BCUT2D eigenvalue weighted by atomic mass is 9.78. The number of likely N-dealkylation sites (tertiary alicyclic amines) is 2. The van der Waals surface area contributed by atoms with Gasteiger partial charge in [-0.05, 0) is 37.5 Å². The molecule has 7 nitrogen and oxygen atoms in total. The maximum absolute atomic E-state index is 13.5. The Morgan fingerprint density at radius 3 is 2.70 bits per heavy atom. The third kappa shape index (κ3) is 3.60. The normalized spacial score (nSPS) is 21.2. The number of rotatable bonds is 5. The summed E-state index contributed by atoms with van der Waals surface area (Å²) < 4.78 is 10.9. The van der Waals surface area contributed by atoms with E-state index in [1.807, 2.05) is 23.1 Å². The van der Waals surface area contributed by atoms with E-state index in [9.17, 15) is 9.59 Å². The van der Waals surface area contributed by atoms with E-state index in [2.05, 4.69) is 4.98 Å². The molecule has 2 saturated heterocycles. The fourth-order valence-electron chi connectivity index (χ4n) is 4.66. The van der Waals surface area contributed by atoms with Crippen molar-refractivity contribution in [2.45, 2.75) is 25.8 Å². The van der Waals surface area contributed by atoms with Gasteiger partial charge in [-0.2, -0.15) is 0 Å². The minimum Gasteiger partial charge on any atom is -0.493 e. The summed E-state index contributed by atoms with van der Waals surface area (Å²) in [5.41, 5.74) is 0.840. The van der Waals surface area contributed by atoms with E-state index in [0.717, 1.165) is 18.4 Å². The first-order chi connectivity index (χ1) is 14.6. The van der Waals surface area contributed by atoms with Crippen molar-refractivity contribution in [3.63, 3.8) is 0 Å². The predicted octanol–water partition coefficient (Wildman–Crippen LogP) is 2.75. The highest BCUT2D eigenvalue weighted by Crippen LogP contribution is 2.41. The number of aromatic nitrogens is 1. The van der Waals surface area contributed by atoms with Gasteiger partial charge >= 0.3 is 0 Å². The molecule has 0 bridgehead atoms. The van der Waals surface area contributed by atoms with E-state index in [-0.39, 0.29) is 11.8 Å². The zero-order chi connectivity index (χ0) is 21.1. The number of ether oxygens (including phenoxy) is 2. The quantitative estimate of drug-likeness (QED) is 0.759. The van der Waals surface area contributed by atoms with Crippen LogP contribution in [0.4, 0.5) is 0 Å². The van der Waals surface area contributed by atoms with Gasteiger partial charge in [-0.25, -0.2) is 0 Å². The lowest BCUT2D eigenvalue weighted by molar-refractivity contribution is -0.146. The Labute approximate surface area is 176 Å². The van der Waals surface area contributed by atoms with Crippen molar-refractivity contribution in [3.05, 3.63) is 53.9 Å². The highest BCUT2D eigenvalue weighted by molar-refractivity contribution is 5.94. The van der Waals surface area contributed by atoms with Crippen LogP contribution in [0.15, 0.2) is 42.6 Å². The second kappa shape index (κ2) is 8.34. The van der Waals surface area contributed by atoms with Crippen LogP contribution in [0.25, 0.3) is 0 Å². The lowest BCUT2D eigenvalue weighted by Gasteiger charge is -2.39. The van der Waals surface area contributed by atoms with Crippen molar-refractivity contribution in [2.24, 2.45) is 5.41 Å². The molecule has 0 unspecified atom stereocenters. The Bertz CT molecular complexity index is 933. The van der Waals surface area contributed by atoms with Crippen LogP contribution in [0.5, 0.6) is 11.5 Å². The van der Waals surface area contributed by atoms with Crippen molar-refractivity contribution < 1.29 is 19.1 Å². The van der Waals surface area contributed by atoms with E-state index in [0.29, 0.717) is 49.8 Å². The van der Waals surface area contributed by atoms with Gasteiger partial charge in [0, 0.05) is 37.9 Å². The summed E-state index contributed by atoms with van der Waals surface area (Å²) in [7, 11) is 3.22. The molecule has 1 aromatic heterocycles. The molecule has 2 aliphatic heterocycles. The van der Waals surface area contributed by atoms with Crippen molar-refractivity contribution in [1.82, 2.24) is 14.8 Å². The number of piperidine rings is 1. The molecule has 2 fully saturated rings. The summed E-state index contributed by atoms with van der Waals surface area (Å²) in [6.45, 7) is 2.20. The van der Waals surface area contributed by atoms with Crippen molar-refractivity contribution >= 4 is 11.8 Å². The smallest absolute Gasteiger partial charge is 0.272 e. The molecular formula is C23H27N3O4. The van der Waals surface area contributed by atoms with Crippen molar-refractivity contribution in [2.75, 3.05) is 33.9 Å². The van der Waals surface area contributed by atoms with Crippen LogP contribution in [-0.2, 0) is 11.3 Å². The maximum atomic E-state index is 13.5. The molecule has 0 saturated carbocycles. The summed E-state index contributed by atoms with van der Waals surface area (Å²) in [6, 6.07) is 11.0. The molecule has 4 rings (SSSR count). The first kappa shape index (κ1) is 20.2. The van der Waals surface area contributed by atoms with Crippen LogP contribution in [0, 0.1) is 5.41 Å². The summed E-state index contributed by atoms with van der Waals surface area (Å²) in [4.78, 5) is 34.2. The molecule has 158 valence electrons. The van der Waals surface area contributed by atoms with E-state index in [1.165, 1.54) is 0 Å². The molecule has 2 aromatic rings. The van der Waals surface area contributed by atoms with Crippen LogP contribution in [-0.4, -0.2) is 60.5 Å². The van der Waals surface area contributed by atoms with Gasteiger partial charge in [0.1, 0.15) is 5.69 Å². The molecule has 0 N–H and O–H groups in total. The Morgan fingerprint density at radius 1 is 1.10 bits per heavy atom. The molecule has 0 radical (unpaired) electrons. The van der Waals surface area contributed by atoms with Gasteiger partial charge in [-0.15, -0.1) is 0 Å². The Kier molecular flexibility index (Phi) is 5.61. The number of nitrogens with zero attached hydrogens (tertiary/aromatic N) is 3. The van der Waals surface area contributed by atoms with Crippen molar-refractivity contribution in [3.8, 4) is 11.5 Å². The molecule has 2 amide bonds. The number of hydrogen-bond acceptors (Lipinski definition) is 5. The molecule has 30 heavy (non-hydrogen) atoms. The van der Waals surface area contributed by atoms with E-state index in [1.54, 1.807) is 43.5 Å². The lowest BCUT2D eigenvalue weighted by Crippen LogP contribution is -2.50. The van der Waals surface area contributed by atoms with Gasteiger partial charge in [-0.1, -0.05) is 18.2 Å². The van der Waals surface area contributed by atoms with Gasteiger partial charge in [0.05, 0.1) is 19.6 Å². The Balaban J connectivity index is 1.51. The van der Waals surface area contributed by atoms with E-state index >= 15 is 0 Å². The number of pyridine rings is 1. The number of benzene rings is 1. The fraction of sp³-hybridized carbons (Fsp3) is 0.435. The maximum Gasteiger partial charge on any atom is 0.272 e. The Hall–Kier alpha value is -3.09. The van der Waals surface area contributed by atoms with E-state index in [4.69, 9.17) is 9.47 Å². The van der Waals surface area contributed by atoms with Crippen LogP contribution in [0.2, 0.25) is 0 Å². The zero-order valence-electron chi connectivity index (χ0n) is 17.5. The van der Waals surface area contributed by atoms with E-state index < -0.39 is 5.41 Å². The van der Waals surface area contributed by atoms with Gasteiger partial charge in [0.25, 0.3) is 5.91 Å². The number of carbonyl (C=O) groups excluding carboxylic acids is 2. The highest BCUT2D eigenvalue weighted by atomic mass is 16.5. The number of carbonyl (C=O) groups is 2. The van der Waals surface area contributed by atoms with Gasteiger partial charge < -0.3 is 19.3 Å². The third-order valence-corrected chi connectivity index (χ3v) is 6.19. The highest BCUT2D eigenvalue weighted by Gasteiger charge is 2.49. The predicted molar refractivity (Wildman–Crippen MR) is 111 cm³/mol. The average Bonchev–Trinajstić information content (AvgIpc) is 3.21.